The average Bonchev–Trinajstić information content (AvgIpc) is 3.24. The fourth-order valence-corrected chi connectivity index (χ4v) is 1.81. The number of nitrogens with one attached hydrogen (secondary N) is 2. The molecule has 1 heterocycles. The molecule has 4 N–H and O–H groups in total. The van der Waals surface area contributed by atoms with Crippen molar-refractivity contribution in [2.45, 2.75) is 33.1 Å². The number of nitrogen functional groups attached to an aromatic ring is 1. The van der Waals surface area contributed by atoms with Gasteiger partial charge < -0.3 is 15.5 Å². The molecule has 2 rings (SSSR count). The van der Waals surface area contributed by atoms with E-state index in [1.807, 2.05) is 13.8 Å². The number of hydrogen-bond acceptors (Lipinski definition) is 6. The normalized spacial score (nSPS) is 14.5. The zero-order valence-electron chi connectivity index (χ0n) is 11.7. The van der Waals surface area contributed by atoms with E-state index in [1.165, 1.54) is 12.8 Å². The summed E-state index contributed by atoms with van der Waals surface area (Å²) >= 11 is 0. The Morgan fingerprint density at radius 1 is 1.32 bits per heavy atom. The predicted molar refractivity (Wildman–Crippen MR) is 76.0 cm³/mol. The molecule has 6 nitrogen and oxygen atoms in total. The fraction of sp³-hybridized carbons (Fsp3) is 0.692. The van der Waals surface area contributed by atoms with Crippen molar-refractivity contribution in [2.24, 2.45) is 11.8 Å². The first-order chi connectivity index (χ1) is 9.24. The maximum atomic E-state index is 5.59. The van der Waals surface area contributed by atoms with Gasteiger partial charge in [-0.2, -0.15) is 0 Å². The topological polar surface area (TPSA) is 85.1 Å². The quantitative estimate of drug-likeness (QED) is 0.375. The zero-order valence-corrected chi connectivity index (χ0v) is 11.7. The van der Waals surface area contributed by atoms with Gasteiger partial charge in [0.25, 0.3) is 0 Å². The van der Waals surface area contributed by atoms with Crippen LogP contribution in [0.1, 0.15) is 31.2 Å². The molecule has 6 heteroatoms. The molecule has 0 bridgehead atoms. The van der Waals surface area contributed by atoms with E-state index in [2.05, 4.69) is 20.7 Å². The highest BCUT2D eigenvalue weighted by Gasteiger charge is 2.20. The number of aryl methyl sites for hydroxylation is 1. The van der Waals surface area contributed by atoms with E-state index in [0.717, 1.165) is 42.7 Å². The summed E-state index contributed by atoms with van der Waals surface area (Å²) in [5.41, 5.74) is 3.55. The molecule has 0 atom stereocenters. The summed E-state index contributed by atoms with van der Waals surface area (Å²) in [4.78, 5) is 8.80. The van der Waals surface area contributed by atoms with E-state index >= 15 is 0 Å². The second kappa shape index (κ2) is 6.68. The number of anilines is 2. The molecule has 0 spiro atoms. The molecule has 19 heavy (non-hydrogen) atoms. The Morgan fingerprint density at radius 3 is 2.68 bits per heavy atom. The maximum Gasteiger partial charge on any atom is 0.148 e. The second-order valence-corrected chi connectivity index (χ2v) is 4.91. The van der Waals surface area contributed by atoms with Gasteiger partial charge >= 0.3 is 0 Å². The van der Waals surface area contributed by atoms with Crippen LogP contribution < -0.4 is 16.6 Å². The standard InChI is InChI=1S/C13H23N5O/c1-3-11-16-12(9(2)13(17-11)18-14)15-6-7-19-8-10-4-5-10/h10H,3-8,14H2,1-2H3,(H2,15,16,17,18). The SMILES string of the molecule is CCc1nc(NN)c(C)c(NCCOCC2CC2)n1. The predicted octanol–water partition coefficient (Wildman–Crippen LogP) is 1.47. The molecule has 1 aromatic rings. The molecule has 0 radical (unpaired) electrons. The summed E-state index contributed by atoms with van der Waals surface area (Å²) in [7, 11) is 0. The smallest absolute Gasteiger partial charge is 0.148 e. The van der Waals surface area contributed by atoms with E-state index in [-0.39, 0.29) is 0 Å². The first-order valence-electron chi connectivity index (χ1n) is 6.90. The van der Waals surface area contributed by atoms with Crippen LogP contribution in [0.4, 0.5) is 11.6 Å². The van der Waals surface area contributed by atoms with Gasteiger partial charge in [-0.3, -0.25) is 0 Å². The van der Waals surface area contributed by atoms with E-state index < -0.39 is 0 Å². The minimum absolute atomic E-state index is 0.674. The van der Waals surface area contributed by atoms with Crippen LogP contribution in [0.5, 0.6) is 0 Å². The van der Waals surface area contributed by atoms with Crippen LogP contribution >= 0.6 is 0 Å². The Hall–Kier alpha value is -1.40. The van der Waals surface area contributed by atoms with E-state index in [0.29, 0.717) is 12.4 Å². The summed E-state index contributed by atoms with van der Waals surface area (Å²) in [5, 5.41) is 3.28. The molecule has 1 aliphatic rings. The summed E-state index contributed by atoms with van der Waals surface area (Å²) in [5.74, 6) is 8.55. The monoisotopic (exact) mass is 265 g/mol. The van der Waals surface area contributed by atoms with Crippen LogP contribution in [-0.4, -0.2) is 29.7 Å². The van der Waals surface area contributed by atoms with Crippen molar-refractivity contribution in [3.8, 4) is 0 Å². The number of nitrogens with zero attached hydrogens (tertiary/aromatic N) is 2. The molecular weight excluding hydrogens is 242 g/mol. The molecule has 1 saturated carbocycles. The molecule has 1 aromatic heterocycles. The number of hydrazine groups is 1. The van der Waals surface area contributed by atoms with Crippen LogP contribution in [0.25, 0.3) is 0 Å². The lowest BCUT2D eigenvalue weighted by Crippen LogP contribution is -2.17. The number of hydrogen-bond donors (Lipinski definition) is 3. The maximum absolute atomic E-state index is 5.59. The minimum Gasteiger partial charge on any atom is -0.379 e. The molecule has 0 amide bonds. The lowest BCUT2D eigenvalue weighted by atomic mass is 10.3. The highest BCUT2D eigenvalue weighted by molar-refractivity contribution is 5.56. The number of rotatable bonds is 8. The first kappa shape index (κ1) is 14.0. The summed E-state index contributed by atoms with van der Waals surface area (Å²) in [6.45, 7) is 6.31. The summed E-state index contributed by atoms with van der Waals surface area (Å²) in [6, 6.07) is 0. The minimum atomic E-state index is 0.674. The van der Waals surface area contributed by atoms with Gasteiger partial charge in [-0.15, -0.1) is 0 Å². The molecular formula is C13H23N5O. The van der Waals surface area contributed by atoms with Crippen molar-refractivity contribution in [1.82, 2.24) is 9.97 Å². The first-order valence-corrected chi connectivity index (χ1v) is 6.90. The highest BCUT2D eigenvalue weighted by Crippen LogP contribution is 2.28. The van der Waals surface area contributed by atoms with Gasteiger partial charge in [0, 0.05) is 25.1 Å². The van der Waals surface area contributed by atoms with E-state index in [1.54, 1.807) is 0 Å². The third-order valence-corrected chi connectivity index (χ3v) is 3.23. The molecule has 0 aromatic carbocycles. The number of ether oxygens (including phenoxy) is 1. The van der Waals surface area contributed by atoms with Crippen LogP contribution in [0.15, 0.2) is 0 Å². The van der Waals surface area contributed by atoms with Gasteiger partial charge in [-0.25, -0.2) is 15.8 Å². The number of aromatic nitrogens is 2. The molecule has 1 fully saturated rings. The van der Waals surface area contributed by atoms with Crippen LogP contribution in [0, 0.1) is 12.8 Å². The van der Waals surface area contributed by atoms with Crippen molar-refractivity contribution >= 4 is 11.6 Å². The Bertz CT molecular complexity index is 420. The van der Waals surface area contributed by atoms with Crippen molar-refractivity contribution in [2.75, 3.05) is 30.5 Å². The van der Waals surface area contributed by atoms with Crippen LogP contribution in [-0.2, 0) is 11.2 Å². The molecule has 0 unspecified atom stereocenters. The second-order valence-electron chi connectivity index (χ2n) is 4.91. The van der Waals surface area contributed by atoms with Crippen molar-refractivity contribution in [3.63, 3.8) is 0 Å². The average molecular weight is 265 g/mol. The van der Waals surface area contributed by atoms with E-state index in [9.17, 15) is 0 Å². The lowest BCUT2D eigenvalue weighted by molar-refractivity contribution is 0.134. The molecule has 0 saturated heterocycles. The molecule has 106 valence electrons. The Balaban J connectivity index is 1.86. The Kier molecular flexibility index (Phi) is 4.93. The Labute approximate surface area is 114 Å². The third-order valence-electron chi connectivity index (χ3n) is 3.23. The van der Waals surface area contributed by atoms with Crippen LogP contribution in [0.3, 0.4) is 0 Å². The van der Waals surface area contributed by atoms with Gasteiger partial charge in [-0.05, 0) is 25.7 Å². The lowest BCUT2D eigenvalue weighted by Gasteiger charge is -2.13. The highest BCUT2D eigenvalue weighted by atomic mass is 16.5. The molecule has 1 aliphatic carbocycles. The van der Waals surface area contributed by atoms with Gasteiger partial charge in [0.2, 0.25) is 0 Å². The van der Waals surface area contributed by atoms with Gasteiger partial charge in [-0.1, -0.05) is 6.92 Å². The summed E-state index contributed by atoms with van der Waals surface area (Å²) < 4.78 is 5.59. The van der Waals surface area contributed by atoms with Crippen LogP contribution in [0.2, 0.25) is 0 Å². The Morgan fingerprint density at radius 2 is 2.05 bits per heavy atom. The van der Waals surface area contributed by atoms with Crippen molar-refractivity contribution < 1.29 is 4.74 Å². The fourth-order valence-electron chi connectivity index (χ4n) is 1.81. The van der Waals surface area contributed by atoms with Gasteiger partial charge in [0.15, 0.2) is 0 Å². The molecule has 0 aliphatic heterocycles. The van der Waals surface area contributed by atoms with Gasteiger partial charge in [0.1, 0.15) is 17.5 Å². The van der Waals surface area contributed by atoms with Crippen molar-refractivity contribution in [3.05, 3.63) is 11.4 Å². The largest absolute Gasteiger partial charge is 0.379 e. The third kappa shape index (κ3) is 4.04. The zero-order chi connectivity index (χ0) is 13.7. The van der Waals surface area contributed by atoms with E-state index in [4.69, 9.17) is 10.6 Å². The summed E-state index contributed by atoms with van der Waals surface area (Å²) in [6.07, 6.45) is 3.43. The van der Waals surface area contributed by atoms with Gasteiger partial charge in [0.05, 0.1) is 6.61 Å². The van der Waals surface area contributed by atoms with Crippen molar-refractivity contribution in [1.29, 1.82) is 0 Å². The number of nitrogens with two attached hydrogens (primary N) is 1.